The van der Waals surface area contributed by atoms with Crippen molar-refractivity contribution in [1.82, 2.24) is 9.55 Å². The third-order valence-corrected chi connectivity index (χ3v) is 5.09. The zero-order valence-electron chi connectivity index (χ0n) is 12.5. The van der Waals surface area contributed by atoms with Crippen molar-refractivity contribution in [2.45, 2.75) is 20.8 Å². The first-order valence-electron chi connectivity index (χ1n) is 6.94. The van der Waals surface area contributed by atoms with Crippen LogP contribution in [0.1, 0.15) is 27.9 Å². The highest BCUT2D eigenvalue weighted by atomic mass is 35.5. The Kier molecular flexibility index (Phi) is 3.93. The number of aromatic nitrogens is 2. The van der Waals surface area contributed by atoms with Gasteiger partial charge in [-0.1, -0.05) is 11.6 Å². The number of fused-ring (bicyclic) bond motifs is 1. The van der Waals surface area contributed by atoms with Crippen molar-refractivity contribution in [3.05, 3.63) is 45.7 Å². The van der Waals surface area contributed by atoms with Gasteiger partial charge in [0.2, 0.25) is 0 Å². The second-order valence-electron chi connectivity index (χ2n) is 4.91. The molecular weight excluding hydrogens is 320 g/mol. The number of ether oxygens (including phenoxy) is 1. The minimum absolute atomic E-state index is 0.331. The molecule has 0 N–H and O–H groups in total. The molecule has 0 aliphatic heterocycles. The van der Waals surface area contributed by atoms with Gasteiger partial charge in [0.1, 0.15) is 9.71 Å². The molecule has 114 valence electrons. The average molecular weight is 335 g/mol. The lowest BCUT2D eigenvalue weighted by molar-refractivity contribution is 0.0532. The number of nitrogens with zero attached hydrogens (tertiary/aromatic N) is 2. The van der Waals surface area contributed by atoms with Gasteiger partial charge in [-0.15, -0.1) is 11.3 Å². The van der Waals surface area contributed by atoms with Gasteiger partial charge in [0.25, 0.3) is 0 Å². The Labute approximate surface area is 137 Å². The molecule has 3 aromatic heterocycles. The monoisotopic (exact) mass is 334 g/mol. The Morgan fingerprint density at radius 3 is 2.68 bits per heavy atom. The van der Waals surface area contributed by atoms with Crippen LogP contribution < -0.4 is 0 Å². The molecule has 3 aromatic rings. The molecule has 0 aliphatic carbocycles. The van der Waals surface area contributed by atoms with Crippen LogP contribution in [-0.4, -0.2) is 22.1 Å². The van der Waals surface area contributed by atoms with Gasteiger partial charge in [-0.05, 0) is 38.5 Å². The highest BCUT2D eigenvalue weighted by molar-refractivity contribution is 7.21. The van der Waals surface area contributed by atoms with Crippen LogP contribution >= 0.6 is 22.9 Å². The Hall–Kier alpha value is -1.85. The first kappa shape index (κ1) is 15.1. The van der Waals surface area contributed by atoms with Gasteiger partial charge in [0.05, 0.1) is 23.0 Å². The largest absolute Gasteiger partial charge is 0.462 e. The summed E-state index contributed by atoms with van der Waals surface area (Å²) in [5.74, 6) is -0.331. The summed E-state index contributed by atoms with van der Waals surface area (Å²) in [4.78, 5) is 18.2. The van der Waals surface area contributed by atoms with Gasteiger partial charge in [-0.3, -0.25) is 0 Å². The predicted molar refractivity (Wildman–Crippen MR) is 89.4 cm³/mol. The molecule has 0 saturated heterocycles. The maximum Gasteiger partial charge on any atom is 0.350 e. The van der Waals surface area contributed by atoms with Crippen LogP contribution in [0.15, 0.2) is 24.5 Å². The minimum atomic E-state index is -0.331. The van der Waals surface area contributed by atoms with Crippen molar-refractivity contribution in [1.29, 1.82) is 0 Å². The van der Waals surface area contributed by atoms with Crippen LogP contribution in [0.4, 0.5) is 0 Å². The van der Waals surface area contributed by atoms with Crippen LogP contribution in [0.5, 0.6) is 0 Å². The van der Waals surface area contributed by atoms with Crippen molar-refractivity contribution >= 4 is 39.1 Å². The molecule has 0 radical (unpaired) electrons. The predicted octanol–water partition coefficient (Wildman–Crippen LogP) is 4.53. The van der Waals surface area contributed by atoms with Gasteiger partial charge in [-0.25, -0.2) is 9.78 Å². The van der Waals surface area contributed by atoms with Crippen molar-refractivity contribution in [2.75, 3.05) is 6.61 Å². The summed E-state index contributed by atoms with van der Waals surface area (Å²) < 4.78 is 7.10. The summed E-state index contributed by atoms with van der Waals surface area (Å²) in [6.45, 7) is 5.96. The zero-order valence-corrected chi connectivity index (χ0v) is 14.1. The van der Waals surface area contributed by atoms with Crippen LogP contribution in [0.2, 0.25) is 5.02 Å². The molecule has 3 rings (SSSR count). The van der Waals surface area contributed by atoms with E-state index < -0.39 is 0 Å². The Morgan fingerprint density at radius 2 is 2.05 bits per heavy atom. The smallest absolute Gasteiger partial charge is 0.350 e. The number of hydrogen-bond donors (Lipinski definition) is 0. The molecular formula is C16H15ClN2O2S. The van der Waals surface area contributed by atoms with Gasteiger partial charge in [0.15, 0.2) is 0 Å². The van der Waals surface area contributed by atoms with E-state index in [1.807, 2.05) is 42.9 Å². The molecule has 6 heteroatoms. The summed E-state index contributed by atoms with van der Waals surface area (Å²) in [5.41, 5.74) is 2.48. The summed E-state index contributed by atoms with van der Waals surface area (Å²) >= 11 is 7.70. The number of carbonyl (C=O) groups is 1. The molecule has 0 aromatic carbocycles. The minimum Gasteiger partial charge on any atom is -0.462 e. The van der Waals surface area contributed by atoms with Crippen LogP contribution in [0.25, 0.3) is 15.9 Å². The van der Waals surface area contributed by atoms with Crippen molar-refractivity contribution < 1.29 is 9.53 Å². The molecule has 0 fully saturated rings. The number of hydrogen-bond acceptors (Lipinski definition) is 4. The molecule has 4 nitrogen and oxygen atoms in total. The first-order chi connectivity index (χ1) is 10.5. The van der Waals surface area contributed by atoms with Gasteiger partial charge in [0, 0.05) is 17.8 Å². The lowest BCUT2D eigenvalue weighted by Crippen LogP contribution is -2.06. The SMILES string of the molecule is CCOC(=O)c1sc2nc(C)c(Cl)c(C)c2c1-n1cccc1. The molecule has 0 bridgehead atoms. The van der Waals surface area contributed by atoms with E-state index in [4.69, 9.17) is 16.3 Å². The van der Waals surface area contributed by atoms with E-state index in [2.05, 4.69) is 4.98 Å². The maximum absolute atomic E-state index is 12.3. The summed E-state index contributed by atoms with van der Waals surface area (Å²) in [5, 5.41) is 1.54. The van der Waals surface area contributed by atoms with Crippen molar-refractivity contribution in [2.24, 2.45) is 0 Å². The number of aryl methyl sites for hydroxylation is 2. The van der Waals surface area contributed by atoms with E-state index in [0.29, 0.717) is 16.5 Å². The molecule has 0 spiro atoms. The van der Waals surface area contributed by atoms with Crippen LogP contribution in [0, 0.1) is 13.8 Å². The van der Waals surface area contributed by atoms with Gasteiger partial charge in [-0.2, -0.15) is 0 Å². The Balaban J connectivity index is 2.38. The maximum atomic E-state index is 12.3. The second kappa shape index (κ2) is 5.74. The fourth-order valence-electron chi connectivity index (χ4n) is 2.48. The third-order valence-electron chi connectivity index (χ3n) is 3.48. The first-order valence-corrected chi connectivity index (χ1v) is 8.13. The Morgan fingerprint density at radius 1 is 1.36 bits per heavy atom. The molecule has 3 heterocycles. The molecule has 0 aliphatic rings. The summed E-state index contributed by atoms with van der Waals surface area (Å²) in [6, 6.07) is 3.83. The number of halogens is 1. The van der Waals surface area contributed by atoms with E-state index in [9.17, 15) is 4.79 Å². The lowest BCUT2D eigenvalue weighted by Gasteiger charge is -2.08. The molecule has 22 heavy (non-hydrogen) atoms. The quantitative estimate of drug-likeness (QED) is 0.661. The van der Waals surface area contributed by atoms with E-state index in [0.717, 1.165) is 27.2 Å². The number of carbonyl (C=O) groups excluding carboxylic acids is 1. The van der Waals surface area contributed by atoms with E-state index in [1.54, 1.807) is 6.92 Å². The second-order valence-corrected chi connectivity index (χ2v) is 6.28. The zero-order chi connectivity index (χ0) is 15.9. The van der Waals surface area contributed by atoms with Crippen molar-refractivity contribution in [3.63, 3.8) is 0 Å². The van der Waals surface area contributed by atoms with Gasteiger partial charge >= 0.3 is 5.97 Å². The Bertz CT molecular complexity index is 853. The highest BCUT2D eigenvalue weighted by Gasteiger charge is 2.24. The molecule has 0 amide bonds. The number of rotatable bonds is 3. The van der Waals surface area contributed by atoms with E-state index >= 15 is 0 Å². The fourth-order valence-corrected chi connectivity index (χ4v) is 3.79. The topological polar surface area (TPSA) is 44.1 Å². The van der Waals surface area contributed by atoms with Crippen LogP contribution in [0.3, 0.4) is 0 Å². The van der Waals surface area contributed by atoms with Crippen LogP contribution in [-0.2, 0) is 4.74 Å². The lowest BCUT2D eigenvalue weighted by atomic mass is 10.1. The number of thiophene rings is 1. The van der Waals surface area contributed by atoms with E-state index in [-0.39, 0.29) is 5.97 Å². The normalized spacial score (nSPS) is 11.1. The highest BCUT2D eigenvalue weighted by Crippen LogP contribution is 2.39. The van der Waals surface area contributed by atoms with E-state index in [1.165, 1.54) is 11.3 Å². The molecule has 0 atom stereocenters. The standard InChI is InChI=1S/C16H15ClN2O2S/c1-4-21-16(20)14-13(19-7-5-6-8-19)11-9(2)12(17)10(3)18-15(11)22-14/h5-8H,4H2,1-3H3. The molecule has 0 unspecified atom stereocenters. The summed E-state index contributed by atoms with van der Waals surface area (Å²) in [7, 11) is 0. The molecule has 0 saturated carbocycles. The third kappa shape index (κ3) is 2.30. The van der Waals surface area contributed by atoms with Gasteiger partial charge < -0.3 is 9.30 Å². The fraction of sp³-hybridized carbons (Fsp3) is 0.250. The average Bonchev–Trinajstić information content (AvgIpc) is 3.11. The number of pyridine rings is 1. The van der Waals surface area contributed by atoms with Crippen molar-refractivity contribution in [3.8, 4) is 5.69 Å². The number of esters is 1. The summed E-state index contributed by atoms with van der Waals surface area (Å²) in [6.07, 6.45) is 3.80.